The number of nitrogens with one attached hydrogen (secondary N) is 1. The van der Waals surface area contributed by atoms with E-state index >= 15 is 0 Å². The van der Waals surface area contributed by atoms with E-state index in [1.165, 1.54) is 4.90 Å². The minimum Gasteiger partial charge on any atom is -0.354 e. The van der Waals surface area contributed by atoms with E-state index in [2.05, 4.69) is 17.5 Å². The molecule has 6 heteroatoms. The van der Waals surface area contributed by atoms with Gasteiger partial charge >= 0.3 is 0 Å². The zero-order valence-electron chi connectivity index (χ0n) is 14.5. The van der Waals surface area contributed by atoms with Gasteiger partial charge in [-0.3, -0.25) is 19.3 Å². The maximum atomic E-state index is 12.6. The molecule has 1 saturated carbocycles. The summed E-state index contributed by atoms with van der Waals surface area (Å²) in [5.41, 5.74) is 5.22. The molecule has 0 radical (unpaired) electrons. The fourth-order valence-corrected chi connectivity index (χ4v) is 4.61. The largest absolute Gasteiger partial charge is 0.354 e. The molecule has 132 valence electrons. The first kappa shape index (κ1) is 17.1. The summed E-state index contributed by atoms with van der Waals surface area (Å²) in [4.78, 5) is 38.9. The van der Waals surface area contributed by atoms with E-state index in [9.17, 15) is 14.4 Å². The van der Waals surface area contributed by atoms with E-state index in [4.69, 9.17) is 5.73 Å². The van der Waals surface area contributed by atoms with Gasteiger partial charge in [0.05, 0.1) is 17.3 Å². The van der Waals surface area contributed by atoms with E-state index in [0.717, 1.165) is 6.42 Å². The van der Waals surface area contributed by atoms with Gasteiger partial charge in [-0.1, -0.05) is 26.0 Å². The van der Waals surface area contributed by atoms with Gasteiger partial charge in [0.15, 0.2) is 0 Å². The SMILES string of the molecule is CCC(CC)(CN)C(=O)NCCN1C(=O)C2C3C=CC(C3)C2C1=O. The molecule has 2 bridgehead atoms. The van der Waals surface area contributed by atoms with Gasteiger partial charge in [0.1, 0.15) is 0 Å². The average Bonchev–Trinajstić information content (AvgIpc) is 3.26. The molecule has 6 nitrogen and oxygen atoms in total. The van der Waals surface area contributed by atoms with Crippen molar-refractivity contribution in [3.05, 3.63) is 12.2 Å². The number of carbonyl (C=O) groups excluding carboxylic acids is 3. The van der Waals surface area contributed by atoms with Crippen LogP contribution in [0.4, 0.5) is 0 Å². The molecule has 0 aromatic heterocycles. The summed E-state index contributed by atoms with van der Waals surface area (Å²) < 4.78 is 0. The number of imide groups is 1. The van der Waals surface area contributed by atoms with E-state index in [-0.39, 0.29) is 47.9 Å². The van der Waals surface area contributed by atoms with Gasteiger partial charge in [0.25, 0.3) is 0 Å². The highest BCUT2D eigenvalue weighted by Gasteiger charge is 2.58. The smallest absolute Gasteiger partial charge is 0.233 e. The molecule has 3 rings (SSSR count). The first-order chi connectivity index (χ1) is 11.5. The Labute approximate surface area is 142 Å². The van der Waals surface area contributed by atoms with Gasteiger partial charge in [0, 0.05) is 19.6 Å². The number of hydrogen-bond acceptors (Lipinski definition) is 4. The van der Waals surface area contributed by atoms with Crippen LogP contribution in [0.25, 0.3) is 0 Å². The number of likely N-dealkylation sites (tertiary alicyclic amines) is 1. The Morgan fingerprint density at radius 1 is 1.21 bits per heavy atom. The van der Waals surface area contributed by atoms with Crippen LogP contribution in [-0.4, -0.2) is 42.3 Å². The highest BCUT2D eigenvalue weighted by Crippen LogP contribution is 2.52. The maximum Gasteiger partial charge on any atom is 0.233 e. The monoisotopic (exact) mass is 333 g/mol. The molecule has 3 aliphatic rings. The molecule has 2 aliphatic carbocycles. The van der Waals surface area contributed by atoms with Gasteiger partial charge in [-0.25, -0.2) is 0 Å². The lowest BCUT2D eigenvalue weighted by molar-refractivity contribution is -0.141. The summed E-state index contributed by atoms with van der Waals surface area (Å²) in [5, 5.41) is 2.87. The fraction of sp³-hybridized carbons (Fsp3) is 0.722. The number of amides is 3. The standard InChI is InChI=1S/C18H27N3O3/c1-3-18(4-2,10-19)17(24)20-7-8-21-15(22)13-11-5-6-12(9-11)14(13)16(21)23/h5-6,11-14H,3-4,7-10,19H2,1-2H3,(H,20,24). The predicted octanol–water partition coefficient (Wildman–Crippen LogP) is 0.675. The molecule has 2 fully saturated rings. The minimum absolute atomic E-state index is 0.0628. The number of rotatable bonds is 7. The average molecular weight is 333 g/mol. The lowest BCUT2D eigenvalue weighted by Gasteiger charge is -2.29. The molecule has 4 atom stereocenters. The predicted molar refractivity (Wildman–Crippen MR) is 89.5 cm³/mol. The Morgan fingerprint density at radius 3 is 2.21 bits per heavy atom. The van der Waals surface area contributed by atoms with Gasteiger partial charge in [0.2, 0.25) is 17.7 Å². The number of nitrogens with zero attached hydrogens (tertiary/aromatic N) is 1. The normalized spacial score (nSPS) is 31.0. The van der Waals surface area contributed by atoms with Gasteiger partial charge in [-0.2, -0.15) is 0 Å². The molecule has 24 heavy (non-hydrogen) atoms. The van der Waals surface area contributed by atoms with Gasteiger partial charge < -0.3 is 11.1 Å². The van der Waals surface area contributed by atoms with Gasteiger partial charge in [-0.05, 0) is 31.1 Å². The fourth-order valence-electron chi connectivity index (χ4n) is 4.61. The second-order valence-electron chi connectivity index (χ2n) is 7.28. The number of allylic oxidation sites excluding steroid dienone is 2. The molecular weight excluding hydrogens is 306 g/mol. The lowest BCUT2D eigenvalue weighted by atomic mass is 9.81. The number of hydrogen-bond donors (Lipinski definition) is 2. The van der Waals surface area contributed by atoms with Crippen molar-refractivity contribution in [1.29, 1.82) is 0 Å². The third kappa shape index (κ3) is 2.39. The molecular formula is C18H27N3O3. The summed E-state index contributed by atoms with van der Waals surface area (Å²) in [7, 11) is 0. The molecule has 0 spiro atoms. The number of fused-ring (bicyclic) bond motifs is 5. The third-order valence-corrected chi connectivity index (χ3v) is 6.41. The topological polar surface area (TPSA) is 92.5 Å². The van der Waals surface area contributed by atoms with Crippen LogP contribution in [0.3, 0.4) is 0 Å². The summed E-state index contributed by atoms with van der Waals surface area (Å²) in [6, 6.07) is 0. The third-order valence-electron chi connectivity index (χ3n) is 6.41. The van der Waals surface area contributed by atoms with Crippen LogP contribution in [0.15, 0.2) is 12.2 Å². The molecule has 3 N–H and O–H groups in total. The van der Waals surface area contributed by atoms with Crippen molar-refractivity contribution in [2.75, 3.05) is 19.6 Å². The Balaban J connectivity index is 1.57. The van der Waals surface area contributed by atoms with E-state index in [0.29, 0.717) is 25.9 Å². The number of nitrogens with two attached hydrogens (primary N) is 1. The first-order valence-corrected chi connectivity index (χ1v) is 9.01. The molecule has 0 aromatic rings. The van der Waals surface area contributed by atoms with Crippen molar-refractivity contribution in [2.45, 2.75) is 33.1 Å². The molecule has 1 saturated heterocycles. The van der Waals surface area contributed by atoms with Crippen LogP contribution in [0.5, 0.6) is 0 Å². The van der Waals surface area contributed by atoms with Crippen LogP contribution in [0, 0.1) is 29.1 Å². The van der Waals surface area contributed by atoms with Crippen molar-refractivity contribution in [1.82, 2.24) is 10.2 Å². The van der Waals surface area contributed by atoms with Crippen LogP contribution >= 0.6 is 0 Å². The zero-order valence-corrected chi connectivity index (χ0v) is 14.5. The summed E-state index contributed by atoms with van der Waals surface area (Å²) >= 11 is 0. The van der Waals surface area contributed by atoms with Crippen LogP contribution in [0.1, 0.15) is 33.1 Å². The number of carbonyl (C=O) groups is 3. The lowest BCUT2D eigenvalue weighted by Crippen LogP contribution is -2.48. The molecule has 1 aliphatic heterocycles. The van der Waals surface area contributed by atoms with Crippen LogP contribution in [-0.2, 0) is 14.4 Å². The Kier molecular flexibility index (Phi) is 4.51. The summed E-state index contributed by atoms with van der Waals surface area (Å²) in [5.74, 6) is -0.104. The Morgan fingerprint density at radius 2 is 1.75 bits per heavy atom. The van der Waals surface area contributed by atoms with E-state index in [1.807, 2.05) is 13.8 Å². The Hall–Kier alpha value is -1.69. The molecule has 1 heterocycles. The van der Waals surface area contributed by atoms with E-state index < -0.39 is 5.41 Å². The van der Waals surface area contributed by atoms with Crippen molar-refractivity contribution in [3.63, 3.8) is 0 Å². The van der Waals surface area contributed by atoms with Crippen molar-refractivity contribution < 1.29 is 14.4 Å². The van der Waals surface area contributed by atoms with Crippen LogP contribution < -0.4 is 11.1 Å². The summed E-state index contributed by atoms with van der Waals surface area (Å²) in [6.07, 6.45) is 6.45. The highest BCUT2D eigenvalue weighted by atomic mass is 16.2. The second kappa shape index (κ2) is 6.31. The van der Waals surface area contributed by atoms with E-state index in [1.54, 1.807) is 0 Å². The van der Waals surface area contributed by atoms with Crippen LogP contribution in [0.2, 0.25) is 0 Å². The maximum absolute atomic E-state index is 12.6. The van der Waals surface area contributed by atoms with Crippen molar-refractivity contribution >= 4 is 17.7 Å². The second-order valence-corrected chi connectivity index (χ2v) is 7.28. The summed E-state index contributed by atoms with van der Waals surface area (Å²) in [6.45, 7) is 4.75. The van der Waals surface area contributed by atoms with Crippen molar-refractivity contribution in [2.24, 2.45) is 34.8 Å². The van der Waals surface area contributed by atoms with Gasteiger partial charge in [-0.15, -0.1) is 0 Å². The molecule has 3 amide bonds. The minimum atomic E-state index is -0.557. The first-order valence-electron chi connectivity index (χ1n) is 9.01. The van der Waals surface area contributed by atoms with Crippen molar-refractivity contribution in [3.8, 4) is 0 Å². The zero-order chi connectivity index (χ0) is 17.5. The highest BCUT2D eigenvalue weighted by molar-refractivity contribution is 6.06. The molecule has 0 aromatic carbocycles. The molecule has 4 unspecified atom stereocenters. The quantitative estimate of drug-likeness (QED) is 0.529. The Bertz CT molecular complexity index is 544.